The molecule has 1 aromatic carbocycles. The number of hydrogen-bond acceptors (Lipinski definition) is 5. The van der Waals surface area contributed by atoms with Crippen LogP contribution in [0.1, 0.15) is 32.7 Å². The Morgan fingerprint density at radius 3 is 2.70 bits per heavy atom. The fourth-order valence-corrected chi connectivity index (χ4v) is 1.90. The maximum atomic E-state index is 11.9. The fourth-order valence-electron chi connectivity index (χ4n) is 1.90. The fraction of sp³-hybridized carbons (Fsp3) is 0.429. The topological polar surface area (TPSA) is 69.9 Å². The van der Waals surface area contributed by atoms with Gasteiger partial charge in [-0.15, -0.1) is 15.0 Å². The molecule has 0 amide bonds. The van der Waals surface area contributed by atoms with Gasteiger partial charge >= 0.3 is 5.97 Å². The summed E-state index contributed by atoms with van der Waals surface area (Å²) < 4.78 is 5.06. The van der Waals surface area contributed by atoms with Crippen LogP contribution in [-0.2, 0) is 9.53 Å². The molecule has 1 heterocycles. The van der Waals surface area contributed by atoms with Crippen molar-refractivity contribution in [3.63, 3.8) is 0 Å². The van der Waals surface area contributed by atoms with Crippen molar-refractivity contribution >= 4 is 5.97 Å². The zero-order valence-electron chi connectivity index (χ0n) is 11.7. The van der Waals surface area contributed by atoms with Crippen LogP contribution >= 0.6 is 0 Å². The summed E-state index contributed by atoms with van der Waals surface area (Å²) in [6, 6.07) is 9.04. The summed E-state index contributed by atoms with van der Waals surface area (Å²) in [5.41, 5.74) is 0.873. The van der Waals surface area contributed by atoms with Crippen LogP contribution in [0.25, 0.3) is 11.4 Å². The zero-order chi connectivity index (χ0) is 14.4. The molecule has 0 radical (unpaired) electrons. The van der Waals surface area contributed by atoms with E-state index in [4.69, 9.17) is 4.74 Å². The van der Waals surface area contributed by atoms with Crippen molar-refractivity contribution in [3.8, 4) is 11.4 Å². The molecule has 0 bridgehead atoms. The third-order valence-electron chi connectivity index (χ3n) is 2.86. The van der Waals surface area contributed by atoms with Crippen LogP contribution in [0.4, 0.5) is 0 Å². The molecule has 0 aliphatic carbocycles. The summed E-state index contributed by atoms with van der Waals surface area (Å²) in [6.07, 6.45) is 1.47. The van der Waals surface area contributed by atoms with Crippen molar-refractivity contribution in [1.29, 1.82) is 0 Å². The van der Waals surface area contributed by atoms with E-state index in [1.54, 1.807) is 6.92 Å². The molecule has 0 saturated heterocycles. The van der Waals surface area contributed by atoms with Gasteiger partial charge in [0.15, 0.2) is 6.04 Å². The second-order valence-electron chi connectivity index (χ2n) is 4.36. The van der Waals surface area contributed by atoms with Gasteiger partial charge in [0.05, 0.1) is 6.61 Å². The maximum absolute atomic E-state index is 11.9. The minimum atomic E-state index is -0.509. The van der Waals surface area contributed by atoms with E-state index in [9.17, 15) is 4.79 Å². The molecule has 0 spiro atoms. The summed E-state index contributed by atoms with van der Waals surface area (Å²) in [5.74, 6) is 0.197. The van der Waals surface area contributed by atoms with Crippen molar-refractivity contribution in [2.45, 2.75) is 32.7 Å². The Kier molecular flexibility index (Phi) is 4.81. The van der Waals surface area contributed by atoms with E-state index in [1.807, 2.05) is 37.3 Å². The molecule has 2 aromatic rings. The highest BCUT2D eigenvalue weighted by molar-refractivity contribution is 5.73. The normalized spacial score (nSPS) is 12.1. The Bertz CT molecular complexity index is 553. The highest BCUT2D eigenvalue weighted by atomic mass is 16.5. The van der Waals surface area contributed by atoms with Crippen LogP contribution in [0, 0.1) is 0 Å². The first kappa shape index (κ1) is 14.2. The highest BCUT2D eigenvalue weighted by Gasteiger charge is 2.24. The van der Waals surface area contributed by atoms with E-state index in [-0.39, 0.29) is 5.97 Å². The molecule has 0 saturated carbocycles. The Balaban J connectivity index is 2.23. The van der Waals surface area contributed by atoms with E-state index >= 15 is 0 Å². The summed E-state index contributed by atoms with van der Waals surface area (Å²) in [5, 5.41) is 12.3. The zero-order valence-corrected chi connectivity index (χ0v) is 11.7. The number of esters is 1. The van der Waals surface area contributed by atoms with E-state index in [2.05, 4.69) is 15.4 Å². The van der Waals surface area contributed by atoms with Gasteiger partial charge in [-0.3, -0.25) is 0 Å². The number of ether oxygens (including phenoxy) is 1. The first-order valence-corrected chi connectivity index (χ1v) is 6.77. The SMILES string of the molecule is CCCC(C(=O)OCC)n1nnc(-c2ccccc2)n1. The average molecular weight is 274 g/mol. The van der Waals surface area contributed by atoms with Gasteiger partial charge < -0.3 is 4.74 Å². The average Bonchev–Trinajstić information content (AvgIpc) is 2.95. The molecule has 1 aromatic heterocycles. The van der Waals surface area contributed by atoms with Gasteiger partial charge in [0.2, 0.25) is 5.82 Å². The molecule has 0 fully saturated rings. The third-order valence-corrected chi connectivity index (χ3v) is 2.86. The minimum absolute atomic E-state index is 0.314. The summed E-state index contributed by atoms with van der Waals surface area (Å²) >= 11 is 0. The molecule has 0 aliphatic rings. The number of carbonyl (C=O) groups excluding carboxylic acids is 1. The Morgan fingerprint density at radius 2 is 2.05 bits per heavy atom. The van der Waals surface area contributed by atoms with Gasteiger partial charge in [-0.25, -0.2) is 4.79 Å². The molecule has 1 unspecified atom stereocenters. The van der Waals surface area contributed by atoms with Crippen molar-refractivity contribution in [2.24, 2.45) is 0 Å². The van der Waals surface area contributed by atoms with Gasteiger partial charge in [-0.1, -0.05) is 43.7 Å². The van der Waals surface area contributed by atoms with Crippen molar-refractivity contribution in [3.05, 3.63) is 30.3 Å². The van der Waals surface area contributed by atoms with Gasteiger partial charge in [-0.05, 0) is 18.6 Å². The highest BCUT2D eigenvalue weighted by Crippen LogP contribution is 2.17. The predicted octanol–water partition coefficient (Wildman–Crippen LogP) is 2.24. The summed E-state index contributed by atoms with van der Waals surface area (Å²) in [4.78, 5) is 13.3. The van der Waals surface area contributed by atoms with Crippen molar-refractivity contribution < 1.29 is 9.53 Å². The van der Waals surface area contributed by atoms with Crippen LogP contribution in [0.3, 0.4) is 0 Å². The number of tetrazole rings is 1. The quantitative estimate of drug-likeness (QED) is 0.755. The van der Waals surface area contributed by atoms with Crippen LogP contribution < -0.4 is 0 Å². The second-order valence-corrected chi connectivity index (χ2v) is 4.36. The summed E-state index contributed by atoms with van der Waals surface area (Å²) in [7, 11) is 0. The molecular formula is C14H18N4O2. The second kappa shape index (κ2) is 6.79. The van der Waals surface area contributed by atoms with E-state index in [1.165, 1.54) is 4.80 Å². The third kappa shape index (κ3) is 3.20. The van der Waals surface area contributed by atoms with Crippen LogP contribution in [0.2, 0.25) is 0 Å². The van der Waals surface area contributed by atoms with Gasteiger partial charge in [0.1, 0.15) is 0 Å². The largest absolute Gasteiger partial charge is 0.464 e. The number of aromatic nitrogens is 4. The van der Waals surface area contributed by atoms with Crippen LogP contribution in [0.15, 0.2) is 30.3 Å². The Morgan fingerprint density at radius 1 is 1.30 bits per heavy atom. The number of nitrogens with zero attached hydrogens (tertiary/aromatic N) is 4. The van der Waals surface area contributed by atoms with Gasteiger partial charge in [0, 0.05) is 5.56 Å². The lowest BCUT2D eigenvalue weighted by Gasteiger charge is -2.12. The minimum Gasteiger partial charge on any atom is -0.464 e. The van der Waals surface area contributed by atoms with E-state index < -0.39 is 6.04 Å². The maximum Gasteiger partial charge on any atom is 0.332 e. The van der Waals surface area contributed by atoms with Crippen molar-refractivity contribution in [1.82, 2.24) is 20.2 Å². The Labute approximate surface area is 117 Å². The molecular weight excluding hydrogens is 256 g/mol. The molecule has 6 nitrogen and oxygen atoms in total. The van der Waals surface area contributed by atoms with E-state index in [0.717, 1.165) is 12.0 Å². The number of hydrogen-bond donors (Lipinski definition) is 0. The molecule has 106 valence electrons. The molecule has 0 aliphatic heterocycles. The smallest absolute Gasteiger partial charge is 0.332 e. The lowest BCUT2D eigenvalue weighted by Crippen LogP contribution is -2.24. The van der Waals surface area contributed by atoms with Crippen molar-refractivity contribution in [2.75, 3.05) is 6.61 Å². The molecule has 6 heteroatoms. The Hall–Kier alpha value is -2.24. The monoisotopic (exact) mass is 274 g/mol. The molecule has 0 N–H and O–H groups in total. The van der Waals surface area contributed by atoms with Gasteiger partial charge in [-0.2, -0.15) is 0 Å². The molecule has 20 heavy (non-hydrogen) atoms. The predicted molar refractivity (Wildman–Crippen MR) is 73.8 cm³/mol. The number of rotatable bonds is 6. The molecule has 2 rings (SSSR count). The lowest BCUT2D eigenvalue weighted by atomic mass is 10.2. The number of benzene rings is 1. The molecule has 1 atom stereocenters. The van der Waals surface area contributed by atoms with Gasteiger partial charge in [0.25, 0.3) is 0 Å². The van der Waals surface area contributed by atoms with E-state index in [0.29, 0.717) is 18.9 Å². The standard InChI is InChI=1S/C14H18N4O2/c1-3-8-12(14(19)20-4-2)18-16-13(15-17-18)11-9-6-5-7-10-11/h5-7,9-10,12H,3-4,8H2,1-2H3. The number of carbonyl (C=O) groups is 1. The summed E-state index contributed by atoms with van der Waals surface area (Å²) in [6.45, 7) is 4.13. The first-order valence-electron chi connectivity index (χ1n) is 6.77. The lowest BCUT2D eigenvalue weighted by molar-refractivity contribution is -0.148. The van der Waals surface area contributed by atoms with Crippen LogP contribution in [-0.4, -0.2) is 32.8 Å². The van der Waals surface area contributed by atoms with Crippen LogP contribution in [0.5, 0.6) is 0 Å². The first-order chi connectivity index (χ1) is 9.76.